The third-order valence-electron chi connectivity index (χ3n) is 5.27. The van der Waals surface area contributed by atoms with Gasteiger partial charge in [0.05, 0.1) is 18.5 Å². The number of carbonyl (C=O) groups is 1. The Labute approximate surface area is 177 Å². The number of ether oxygens (including phenoxy) is 4. The molecule has 1 aromatic carbocycles. The number of rotatable bonds is 12. The minimum Gasteiger partial charge on any atom is -0.493 e. The summed E-state index contributed by atoms with van der Waals surface area (Å²) in [7, 11) is 3.35. The fourth-order valence-electron chi connectivity index (χ4n) is 3.48. The summed E-state index contributed by atoms with van der Waals surface area (Å²) in [5.74, 6) is 2.43. The van der Waals surface area contributed by atoms with Crippen LogP contribution in [0.4, 0.5) is 0 Å². The Hall–Kier alpha value is -1.27. The molecule has 1 fully saturated rings. The van der Waals surface area contributed by atoms with E-state index < -0.39 is 0 Å². The molecule has 2 rings (SSSR count). The first-order valence-corrected chi connectivity index (χ1v) is 11.0. The fourth-order valence-corrected chi connectivity index (χ4v) is 4.34. The maximum Gasteiger partial charge on any atom is 0.306 e. The molecule has 0 radical (unpaired) electrons. The standard InChI is InChI=1S/C22H33BrO5/c1-15(2)17(14-18(23)19-8-9-22(24)28-19)12-16-6-7-20(26-4)21(13-16)27-11-5-10-25-3/h6-7,13,15,17-19H,5,8-12,14H2,1-4H3. The van der Waals surface area contributed by atoms with Crippen molar-refractivity contribution in [3.8, 4) is 11.5 Å². The summed E-state index contributed by atoms with van der Waals surface area (Å²) >= 11 is 3.77. The van der Waals surface area contributed by atoms with E-state index in [1.807, 2.05) is 6.07 Å². The van der Waals surface area contributed by atoms with E-state index in [9.17, 15) is 4.79 Å². The average molecular weight is 457 g/mol. The topological polar surface area (TPSA) is 54.0 Å². The molecule has 0 spiro atoms. The first-order chi connectivity index (χ1) is 13.4. The zero-order chi connectivity index (χ0) is 20.5. The number of methoxy groups -OCH3 is 2. The summed E-state index contributed by atoms with van der Waals surface area (Å²) in [6, 6.07) is 6.16. The van der Waals surface area contributed by atoms with Crippen LogP contribution in [0.1, 0.15) is 45.1 Å². The second kappa shape index (κ2) is 11.7. The van der Waals surface area contributed by atoms with Gasteiger partial charge in [-0.15, -0.1) is 0 Å². The number of benzene rings is 1. The Morgan fingerprint density at radius 3 is 2.61 bits per heavy atom. The number of hydrogen-bond acceptors (Lipinski definition) is 5. The number of hydrogen-bond donors (Lipinski definition) is 0. The zero-order valence-corrected chi connectivity index (χ0v) is 19.0. The molecule has 1 aliphatic heterocycles. The third-order valence-corrected chi connectivity index (χ3v) is 6.23. The van der Waals surface area contributed by atoms with Gasteiger partial charge in [0, 0.05) is 26.6 Å². The minimum atomic E-state index is -0.0824. The lowest BCUT2D eigenvalue weighted by atomic mass is 9.84. The van der Waals surface area contributed by atoms with Crippen LogP contribution >= 0.6 is 15.9 Å². The SMILES string of the molecule is COCCCOc1cc(CC(CC(Br)C2CCC(=O)O2)C(C)C)ccc1OC. The number of halogens is 1. The Balaban J connectivity index is 2.01. The van der Waals surface area contributed by atoms with Crippen LogP contribution in [0.25, 0.3) is 0 Å². The second-order valence-corrected chi connectivity index (χ2v) is 8.88. The molecule has 0 aromatic heterocycles. The monoisotopic (exact) mass is 456 g/mol. The van der Waals surface area contributed by atoms with Gasteiger partial charge in [-0.1, -0.05) is 35.8 Å². The van der Waals surface area contributed by atoms with E-state index in [0.717, 1.165) is 37.2 Å². The highest BCUT2D eigenvalue weighted by Gasteiger charge is 2.31. The summed E-state index contributed by atoms with van der Waals surface area (Å²) in [4.78, 5) is 11.6. The summed E-state index contributed by atoms with van der Waals surface area (Å²) in [5.41, 5.74) is 1.23. The van der Waals surface area contributed by atoms with E-state index in [4.69, 9.17) is 18.9 Å². The lowest BCUT2D eigenvalue weighted by Crippen LogP contribution is -2.26. The zero-order valence-electron chi connectivity index (χ0n) is 17.4. The summed E-state index contributed by atoms with van der Waals surface area (Å²) in [6.07, 6.45) is 4.07. The van der Waals surface area contributed by atoms with Gasteiger partial charge in [0.2, 0.25) is 0 Å². The molecule has 1 aromatic rings. The van der Waals surface area contributed by atoms with Crippen LogP contribution in [0.15, 0.2) is 18.2 Å². The summed E-state index contributed by atoms with van der Waals surface area (Å²) in [6.45, 7) is 5.76. The Morgan fingerprint density at radius 2 is 2.00 bits per heavy atom. The molecule has 1 saturated heterocycles. The predicted molar refractivity (Wildman–Crippen MR) is 113 cm³/mol. The molecule has 5 nitrogen and oxygen atoms in total. The molecule has 28 heavy (non-hydrogen) atoms. The van der Waals surface area contributed by atoms with Crippen molar-refractivity contribution in [3.63, 3.8) is 0 Å². The van der Waals surface area contributed by atoms with Crippen LogP contribution in [0, 0.1) is 11.8 Å². The van der Waals surface area contributed by atoms with Crippen LogP contribution in [-0.2, 0) is 20.7 Å². The Bertz CT molecular complexity index is 619. The number of carbonyl (C=O) groups excluding carboxylic acids is 1. The maximum absolute atomic E-state index is 11.4. The molecule has 0 aliphatic carbocycles. The van der Waals surface area contributed by atoms with Crippen molar-refractivity contribution in [2.24, 2.45) is 11.8 Å². The van der Waals surface area contributed by atoms with Crippen LogP contribution in [-0.4, -0.2) is 44.3 Å². The summed E-state index contributed by atoms with van der Waals surface area (Å²) in [5, 5.41) is 0. The molecular formula is C22H33BrO5. The highest BCUT2D eigenvalue weighted by molar-refractivity contribution is 9.09. The predicted octanol–water partition coefficient (Wildman–Crippen LogP) is 4.78. The van der Waals surface area contributed by atoms with Crippen molar-refractivity contribution < 1.29 is 23.7 Å². The van der Waals surface area contributed by atoms with Gasteiger partial charge in [-0.05, 0) is 48.8 Å². The smallest absolute Gasteiger partial charge is 0.306 e. The highest BCUT2D eigenvalue weighted by atomic mass is 79.9. The lowest BCUT2D eigenvalue weighted by molar-refractivity contribution is -0.141. The third kappa shape index (κ3) is 6.96. The van der Waals surface area contributed by atoms with Gasteiger partial charge in [-0.3, -0.25) is 4.79 Å². The average Bonchev–Trinajstić information content (AvgIpc) is 3.11. The van der Waals surface area contributed by atoms with E-state index in [2.05, 4.69) is 41.9 Å². The van der Waals surface area contributed by atoms with Gasteiger partial charge >= 0.3 is 5.97 Å². The lowest BCUT2D eigenvalue weighted by Gasteiger charge is -2.26. The van der Waals surface area contributed by atoms with Crippen molar-refractivity contribution in [1.29, 1.82) is 0 Å². The quantitative estimate of drug-likeness (QED) is 0.257. The van der Waals surface area contributed by atoms with Crippen molar-refractivity contribution in [1.82, 2.24) is 0 Å². The highest BCUT2D eigenvalue weighted by Crippen LogP contribution is 2.34. The largest absolute Gasteiger partial charge is 0.493 e. The fraction of sp³-hybridized carbons (Fsp3) is 0.682. The van der Waals surface area contributed by atoms with Gasteiger partial charge in [-0.2, -0.15) is 0 Å². The van der Waals surface area contributed by atoms with Gasteiger partial charge in [0.25, 0.3) is 0 Å². The molecule has 3 atom stereocenters. The molecule has 0 bridgehead atoms. The van der Waals surface area contributed by atoms with Gasteiger partial charge in [0.1, 0.15) is 6.10 Å². The van der Waals surface area contributed by atoms with Crippen molar-refractivity contribution in [2.75, 3.05) is 27.4 Å². The van der Waals surface area contributed by atoms with Crippen LogP contribution in [0.5, 0.6) is 11.5 Å². The molecule has 0 N–H and O–H groups in total. The molecule has 6 heteroatoms. The second-order valence-electron chi connectivity index (χ2n) is 7.71. The Morgan fingerprint density at radius 1 is 1.21 bits per heavy atom. The summed E-state index contributed by atoms with van der Waals surface area (Å²) < 4.78 is 21.9. The molecular weight excluding hydrogens is 424 g/mol. The molecule has 3 unspecified atom stereocenters. The van der Waals surface area contributed by atoms with Crippen LogP contribution in [0.2, 0.25) is 0 Å². The molecule has 1 aliphatic rings. The van der Waals surface area contributed by atoms with Crippen molar-refractivity contribution in [3.05, 3.63) is 23.8 Å². The van der Waals surface area contributed by atoms with Crippen molar-refractivity contribution >= 4 is 21.9 Å². The number of cyclic esters (lactones) is 1. The Kier molecular flexibility index (Phi) is 9.59. The number of alkyl halides is 1. The first kappa shape index (κ1) is 23.0. The molecule has 0 saturated carbocycles. The van der Waals surface area contributed by atoms with Crippen molar-refractivity contribution in [2.45, 2.75) is 56.9 Å². The normalized spacial score (nSPS) is 18.8. The van der Waals surface area contributed by atoms with Gasteiger partial charge < -0.3 is 18.9 Å². The molecule has 1 heterocycles. The van der Waals surface area contributed by atoms with E-state index >= 15 is 0 Å². The van der Waals surface area contributed by atoms with E-state index in [1.165, 1.54) is 5.56 Å². The van der Waals surface area contributed by atoms with Gasteiger partial charge in [-0.25, -0.2) is 0 Å². The van der Waals surface area contributed by atoms with Crippen LogP contribution in [0.3, 0.4) is 0 Å². The van der Waals surface area contributed by atoms with Crippen LogP contribution < -0.4 is 9.47 Å². The maximum atomic E-state index is 11.4. The molecule has 0 amide bonds. The molecule has 158 valence electrons. The van der Waals surface area contributed by atoms with Gasteiger partial charge in [0.15, 0.2) is 11.5 Å². The number of esters is 1. The van der Waals surface area contributed by atoms with E-state index in [0.29, 0.717) is 31.5 Å². The minimum absolute atomic E-state index is 0.00991. The first-order valence-electron chi connectivity index (χ1n) is 10.1. The van der Waals surface area contributed by atoms with E-state index in [-0.39, 0.29) is 16.9 Å². The van der Waals surface area contributed by atoms with E-state index in [1.54, 1.807) is 14.2 Å².